The van der Waals surface area contributed by atoms with Gasteiger partial charge in [-0.1, -0.05) is 66.2 Å². The van der Waals surface area contributed by atoms with Gasteiger partial charge in [-0.3, -0.25) is 19.3 Å². The molecule has 1 amide bonds. The maximum Gasteiger partial charge on any atom is 0.306 e. The van der Waals surface area contributed by atoms with Gasteiger partial charge in [0.05, 0.1) is 17.8 Å². The number of hydrogen-bond donors (Lipinski definition) is 0. The van der Waals surface area contributed by atoms with Crippen molar-refractivity contribution in [2.24, 2.45) is 0 Å². The van der Waals surface area contributed by atoms with Gasteiger partial charge in [0.15, 0.2) is 12.4 Å². The van der Waals surface area contributed by atoms with Crippen molar-refractivity contribution in [2.75, 3.05) is 11.5 Å². The number of carbonyl (C=O) groups excluding carboxylic acids is 3. The van der Waals surface area contributed by atoms with Gasteiger partial charge < -0.3 is 4.74 Å². The Hall–Kier alpha value is -3.73. The topological polar surface area (TPSA) is 63.7 Å². The first kappa shape index (κ1) is 21.5. The molecule has 4 rings (SSSR count). The molecule has 1 heterocycles. The summed E-state index contributed by atoms with van der Waals surface area (Å²) in [7, 11) is 0. The monoisotopic (exact) mass is 427 g/mol. The molecule has 0 atom stereocenters. The first-order valence-electron chi connectivity index (χ1n) is 10.8. The lowest BCUT2D eigenvalue weighted by molar-refractivity contribution is -0.147. The van der Waals surface area contributed by atoms with Crippen LogP contribution in [0.3, 0.4) is 0 Å². The van der Waals surface area contributed by atoms with Crippen LogP contribution in [-0.2, 0) is 27.2 Å². The molecule has 5 heteroatoms. The van der Waals surface area contributed by atoms with E-state index in [1.807, 2.05) is 67.6 Å². The number of amides is 1. The molecular formula is C27H25NO4. The minimum Gasteiger partial charge on any atom is -0.456 e. The molecule has 0 saturated carbocycles. The van der Waals surface area contributed by atoms with Crippen LogP contribution in [0, 0.1) is 6.92 Å². The van der Waals surface area contributed by atoms with Crippen LogP contribution in [0.2, 0.25) is 0 Å². The molecule has 0 saturated heterocycles. The Bertz CT molecular complexity index is 1100. The number of nitrogens with zero attached hydrogens (tertiary/aromatic N) is 1. The molecule has 0 fully saturated rings. The summed E-state index contributed by atoms with van der Waals surface area (Å²) in [5.41, 5.74) is 5.41. The largest absolute Gasteiger partial charge is 0.456 e. The van der Waals surface area contributed by atoms with Gasteiger partial charge in [-0.25, -0.2) is 0 Å². The highest BCUT2D eigenvalue weighted by Crippen LogP contribution is 2.35. The maximum absolute atomic E-state index is 13.2. The van der Waals surface area contributed by atoms with E-state index in [1.165, 1.54) is 0 Å². The summed E-state index contributed by atoms with van der Waals surface area (Å²) in [6, 6.07) is 22.8. The van der Waals surface area contributed by atoms with Gasteiger partial charge in [0.2, 0.25) is 0 Å². The van der Waals surface area contributed by atoms with Gasteiger partial charge in [0, 0.05) is 12.0 Å². The Balaban J connectivity index is 1.41. The van der Waals surface area contributed by atoms with E-state index >= 15 is 0 Å². The van der Waals surface area contributed by atoms with Crippen LogP contribution in [0.4, 0.5) is 11.4 Å². The second kappa shape index (κ2) is 9.60. The average molecular weight is 428 g/mol. The number of ketones is 1. The maximum atomic E-state index is 13.2. The minimum atomic E-state index is -0.560. The van der Waals surface area contributed by atoms with Gasteiger partial charge >= 0.3 is 5.97 Å². The molecule has 0 spiro atoms. The highest BCUT2D eigenvalue weighted by molar-refractivity contribution is 6.03. The van der Waals surface area contributed by atoms with Crippen LogP contribution < -0.4 is 4.90 Å². The molecule has 0 unspecified atom stereocenters. The Morgan fingerprint density at radius 1 is 0.781 bits per heavy atom. The number of Topliss-reactive ketones (excluding diaryl/α,β-unsaturated/α-hetero) is 1. The first-order chi connectivity index (χ1) is 15.5. The Morgan fingerprint density at radius 3 is 1.94 bits per heavy atom. The van der Waals surface area contributed by atoms with E-state index < -0.39 is 5.97 Å². The molecule has 3 aromatic carbocycles. The van der Waals surface area contributed by atoms with E-state index in [2.05, 4.69) is 0 Å². The lowest BCUT2D eigenvalue weighted by Gasteiger charge is -2.24. The smallest absolute Gasteiger partial charge is 0.306 e. The molecule has 0 N–H and O–H groups in total. The van der Waals surface area contributed by atoms with Crippen molar-refractivity contribution < 1.29 is 19.1 Å². The zero-order valence-electron chi connectivity index (χ0n) is 18.0. The van der Waals surface area contributed by atoms with Gasteiger partial charge in [0.25, 0.3) is 5.91 Å². The molecular weight excluding hydrogens is 402 g/mol. The average Bonchev–Trinajstić information content (AvgIpc) is 2.98. The number of para-hydroxylation sites is 2. The van der Waals surface area contributed by atoms with Crippen LogP contribution in [-0.4, -0.2) is 24.3 Å². The number of hydrogen-bond acceptors (Lipinski definition) is 4. The fourth-order valence-electron chi connectivity index (χ4n) is 3.93. The highest BCUT2D eigenvalue weighted by atomic mass is 16.5. The van der Waals surface area contributed by atoms with Crippen molar-refractivity contribution in [3.05, 3.63) is 95.1 Å². The van der Waals surface area contributed by atoms with E-state index in [1.54, 1.807) is 17.0 Å². The van der Waals surface area contributed by atoms with Gasteiger partial charge in [-0.2, -0.15) is 0 Å². The minimum absolute atomic E-state index is 0.0471. The summed E-state index contributed by atoms with van der Waals surface area (Å²) in [5, 5.41) is 0. The lowest BCUT2D eigenvalue weighted by atomic mass is 10.0. The van der Waals surface area contributed by atoms with Crippen molar-refractivity contribution in [2.45, 2.75) is 32.6 Å². The Morgan fingerprint density at radius 2 is 1.34 bits per heavy atom. The van der Waals surface area contributed by atoms with Crippen LogP contribution >= 0.6 is 0 Å². The Labute approximate surface area is 187 Å². The molecule has 1 aliphatic heterocycles. The van der Waals surface area contributed by atoms with Gasteiger partial charge in [0.1, 0.15) is 0 Å². The predicted octanol–water partition coefficient (Wildman–Crippen LogP) is 4.96. The summed E-state index contributed by atoms with van der Waals surface area (Å²) < 4.78 is 5.25. The number of carbonyl (C=O) groups is 3. The van der Waals surface area contributed by atoms with Crippen molar-refractivity contribution in [1.29, 1.82) is 0 Å². The summed E-state index contributed by atoms with van der Waals surface area (Å²) in [5.74, 6) is -0.996. The number of fused-ring (bicyclic) bond motifs is 2. The second-order valence-electron chi connectivity index (χ2n) is 7.94. The summed E-state index contributed by atoms with van der Waals surface area (Å²) in [6.45, 7) is 1.57. The fourth-order valence-corrected chi connectivity index (χ4v) is 3.93. The van der Waals surface area contributed by atoms with E-state index in [4.69, 9.17) is 4.74 Å². The number of benzene rings is 3. The molecule has 0 aromatic heterocycles. The molecule has 162 valence electrons. The van der Waals surface area contributed by atoms with E-state index in [0.29, 0.717) is 5.56 Å². The van der Waals surface area contributed by atoms with Crippen LogP contribution in [0.25, 0.3) is 0 Å². The number of esters is 1. The zero-order valence-corrected chi connectivity index (χ0v) is 18.0. The highest BCUT2D eigenvalue weighted by Gasteiger charge is 2.26. The van der Waals surface area contributed by atoms with Crippen molar-refractivity contribution in [3.63, 3.8) is 0 Å². The van der Waals surface area contributed by atoms with Crippen molar-refractivity contribution in [3.8, 4) is 0 Å². The molecule has 0 radical (unpaired) electrons. The third-order valence-corrected chi connectivity index (χ3v) is 5.66. The molecule has 5 nitrogen and oxygen atoms in total. The molecule has 0 aliphatic carbocycles. The van der Waals surface area contributed by atoms with Gasteiger partial charge in [-0.15, -0.1) is 0 Å². The third kappa shape index (κ3) is 4.78. The lowest BCUT2D eigenvalue weighted by Crippen LogP contribution is -2.31. The standard InChI is InChI=1S/C27H25NO4/c1-19-10-12-22(13-11-19)25(29)16-17-27(31)32-18-26(30)28-23-8-4-2-6-20(23)14-15-21-7-3-5-9-24(21)28/h2-13H,14-18H2,1H3. The predicted molar refractivity (Wildman–Crippen MR) is 123 cm³/mol. The first-order valence-corrected chi connectivity index (χ1v) is 10.8. The van der Waals surface area contributed by atoms with Crippen LogP contribution in [0.15, 0.2) is 72.8 Å². The number of aryl methyl sites for hydroxylation is 3. The fraction of sp³-hybridized carbons (Fsp3) is 0.222. The van der Waals surface area contributed by atoms with Crippen LogP contribution in [0.1, 0.15) is 39.9 Å². The molecule has 0 bridgehead atoms. The van der Waals surface area contributed by atoms with E-state index in [0.717, 1.165) is 40.9 Å². The van der Waals surface area contributed by atoms with Gasteiger partial charge in [-0.05, 0) is 43.0 Å². The second-order valence-corrected chi connectivity index (χ2v) is 7.94. The van der Waals surface area contributed by atoms with E-state index in [9.17, 15) is 14.4 Å². The third-order valence-electron chi connectivity index (χ3n) is 5.66. The summed E-state index contributed by atoms with van der Waals surface area (Å²) in [6.07, 6.45) is 1.65. The summed E-state index contributed by atoms with van der Waals surface area (Å²) in [4.78, 5) is 39.3. The van der Waals surface area contributed by atoms with Crippen molar-refractivity contribution >= 4 is 29.0 Å². The number of anilines is 2. The Kier molecular flexibility index (Phi) is 6.45. The van der Waals surface area contributed by atoms with Crippen LogP contribution in [0.5, 0.6) is 0 Å². The van der Waals surface area contributed by atoms with E-state index in [-0.39, 0.29) is 31.1 Å². The molecule has 1 aliphatic rings. The molecule has 3 aromatic rings. The quantitative estimate of drug-likeness (QED) is 0.412. The number of rotatable bonds is 6. The SMILES string of the molecule is Cc1ccc(C(=O)CCC(=O)OCC(=O)N2c3ccccc3CCc3ccccc32)cc1. The molecule has 32 heavy (non-hydrogen) atoms. The zero-order chi connectivity index (χ0) is 22.5. The van der Waals surface area contributed by atoms with Crippen molar-refractivity contribution in [1.82, 2.24) is 0 Å². The normalized spacial score (nSPS) is 12.3. The number of ether oxygens (including phenoxy) is 1. The summed E-state index contributed by atoms with van der Waals surface area (Å²) >= 11 is 0.